The van der Waals surface area contributed by atoms with E-state index in [1.165, 1.54) is 5.56 Å². The molecule has 2 aromatic heterocycles. The lowest BCUT2D eigenvalue weighted by Crippen LogP contribution is -2.00. The van der Waals surface area contributed by atoms with Gasteiger partial charge in [-0.05, 0) is 64.8 Å². The Morgan fingerprint density at radius 1 is 0.875 bits per heavy atom. The molecule has 32 heavy (non-hydrogen) atoms. The number of nitrogens with one attached hydrogen (secondary N) is 1. The van der Waals surface area contributed by atoms with Gasteiger partial charge in [0.25, 0.3) is 0 Å². The van der Waals surface area contributed by atoms with Gasteiger partial charge in [0.15, 0.2) is 0 Å². The zero-order chi connectivity index (χ0) is 23.0. The summed E-state index contributed by atoms with van der Waals surface area (Å²) in [4.78, 5) is 9.33. The Morgan fingerprint density at radius 3 is 2.06 bits per heavy atom. The van der Waals surface area contributed by atoms with Crippen molar-refractivity contribution in [2.45, 2.75) is 59.3 Å². The van der Waals surface area contributed by atoms with Gasteiger partial charge in [0.05, 0.1) is 0 Å². The maximum atomic E-state index is 10.9. The number of phenolic OH excluding ortho intramolecular Hbond substituents is 1. The van der Waals surface area contributed by atoms with Crippen LogP contribution in [-0.2, 0) is 0 Å². The van der Waals surface area contributed by atoms with E-state index in [0.717, 1.165) is 33.9 Å². The second-order valence-electron chi connectivity index (χ2n) is 9.31. The summed E-state index contributed by atoms with van der Waals surface area (Å²) in [5.74, 6) is 2.76. The van der Waals surface area contributed by atoms with Crippen LogP contribution in [0.1, 0.15) is 76.0 Å². The summed E-state index contributed by atoms with van der Waals surface area (Å²) < 4.78 is 1.97. The minimum absolute atomic E-state index is 0.197. The Morgan fingerprint density at radius 2 is 1.50 bits per heavy atom. The van der Waals surface area contributed by atoms with Gasteiger partial charge in [-0.1, -0.05) is 53.7 Å². The number of hydrogen-bond donors (Lipinski definition) is 2. The standard InChI is InChI=1S/C27H32N4O/c1-16(2)19-8-10-21(11-9-19)29-26-24(30-27-28-12-7-13-31(26)27)20-14-22(17(3)4)25(32)23(15-20)18(5)6/h7-18,29,32H,1-6H3. The quantitative estimate of drug-likeness (QED) is 0.340. The highest BCUT2D eigenvalue weighted by Gasteiger charge is 2.21. The largest absolute Gasteiger partial charge is 0.507 e. The molecular formula is C27H32N4O. The zero-order valence-corrected chi connectivity index (χ0v) is 19.7. The van der Waals surface area contributed by atoms with E-state index in [1.807, 2.05) is 16.7 Å². The fraction of sp³-hybridized carbons (Fsp3) is 0.333. The van der Waals surface area contributed by atoms with Crippen LogP contribution in [0.3, 0.4) is 0 Å². The van der Waals surface area contributed by atoms with Crippen LogP contribution in [0.25, 0.3) is 17.0 Å². The van der Waals surface area contributed by atoms with Gasteiger partial charge >= 0.3 is 0 Å². The zero-order valence-electron chi connectivity index (χ0n) is 19.7. The first-order valence-corrected chi connectivity index (χ1v) is 11.3. The molecule has 0 aliphatic rings. The highest BCUT2D eigenvalue weighted by Crippen LogP contribution is 2.40. The average molecular weight is 429 g/mol. The third-order valence-electron chi connectivity index (χ3n) is 5.93. The number of anilines is 2. The molecule has 5 heteroatoms. The fourth-order valence-corrected chi connectivity index (χ4v) is 3.99. The minimum Gasteiger partial charge on any atom is -0.507 e. The summed E-state index contributed by atoms with van der Waals surface area (Å²) in [5.41, 5.74) is 5.96. The Kier molecular flexibility index (Phi) is 5.92. The highest BCUT2D eigenvalue weighted by atomic mass is 16.3. The van der Waals surface area contributed by atoms with Crippen LogP contribution in [0.5, 0.6) is 5.75 Å². The van der Waals surface area contributed by atoms with Gasteiger partial charge in [0.2, 0.25) is 5.78 Å². The van der Waals surface area contributed by atoms with E-state index >= 15 is 0 Å². The van der Waals surface area contributed by atoms with Crippen LogP contribution < -0.4 is 5.32 Å². The van der Waals surface area contributed by atoms with E-state index in [1.54, 1.807) is 6.20 Å². The summed E-state index contributed by atoms with van der Waals surface area (Å²) in [6.07, 6.45) is 3.72. The first-order chi connectivity index (χ1) is 15.3. The molecule has 0 aliphatic carbocycles. The second kappa shape index (κ2) is 8.65. The van der Waals surface area contributed by atoms with E-state index < -0.39 is 0 Å². The molecule has 0 saturated heterocycles. The molecule has 5 nitrogen and oxygen atoms in total. The van der Waals surface area contributed by atoms with E-state index in [4.69, 9.17) is 4.98 Å². The molecule has 0 saturated carbocycles. The average Bonchev–Trinajstić information content (AvgIpc) is 3.12. The predicted octanol–water partition coefficient (Wildman–Crippen LogP) is 7.22. The van der Waals surface area contributed by atoms with Crippen molar-refractivity contribution >= 4 is 17.3 Å². The molecule has 0 aliphatic heterocycles. The van der Waals surface area contributed by atoms with Gasteiger partial charge in [-0.15, -0.1) is 0 Å². The van der Waals surface area contributed by atoms with Gasteiger partial charge < -0.3 is 10.4 Å². The SMILES string of the molecule is CC(C)c1ccc(Nc2c(-c3cc(C(C)C)c(O)c(C(C)C)c3)nc3ncccn23)cc1. The number of benzene rings is 2. The van der Waals surface area contributed by atoms with E-state index in [0.29, 0.717) is 17.4 Å². The maximum Gasteiger partial charge on any atom is 0.235 e. The molecule has 4 aromatic rings. The van der Waals surface area contributed by atoms with Crippen molar-refractivity contribution < 1.29 is 5.11 Å². The van der Waals surface area contributed by atoms with E-state index in [9.17, 15) is 5.11 Å². The van der Waals surface area contributed by atoms with Crippen LogP contribution in [0.15, 0.2) is 54.9 Å². The van der Waals surface area contributed by atoms with Crippen LogP contribution in [-0.4, -0.2) is 19.5 Å². The molecule has 0 spiro atoms. The number of imidazole rings is 1. The van der Waals surface area contributed by atoms with Gasteiger partial charge in [0, 0.05) is 23.6 Å². The van der Waals surface area contributed by atoms with Crippen molar-refractivity contribution in [3.8, 4) is 17.0 Å². The molecule has 0 amide bonds. The van der Waals surface area contributed by atoms with Gasteiger partial charge in [-0.25, -0.2) is 9.97 Å². The van der Waals surface area contributed by atoms with Crippen LogP contribution >= 0.6 is 0 Å². The van der Waals surface area contributed by atoms with Crippen molar-refractivity contribution in [1.82, 2.24) is 14.4 Å². The summed E-state index contributed by atoms with van der Waals surface area (Å²) in [5, 5.41) is 14.4. The third kappa shape index (κ3) is 4.07. The van der Waals surface area contributed by atoms with Crippen molar-refractivity contribution in [3.63, 3.8) is 0 Å². The van der Waals surface area contributed by atoms with Crippen molar-refractivity contribution in [2.24, 2.45) is 0 Å². The molecule has 4 rings (SSSR count). The predicted molar refractivity (Wildman–Crippen MR) is 132 cm³/mol. The molecular weight excluding hydrogens is 396 g/mol. The third-order valence-corrected chi connectivity index (χ3v) is 5.93. The van der Waals surface area contributed by atoms with E-state index in [2.05, 4.69) is 88.2 Å². The minimum atomic E-state index is 0.197. The van der Waals surface area contributed by atoms with Crippen LogP contribution in [0.2, 0.25) is 0 Å². The molecule has 0 unspecified atom stereocenters. The van der Waals surface area contributed by atoms with Gasteiger partial charge in [0.1, 0.15) is 17.3 Å². The van der Waals surface area contributed by atoms with E-state index in [-0.39, 0.29) is 11.8 Å². The monoisotopic (exact) mass is 428 g/mol. The number of aromatic hydroxyl groups is 1. The van der Waals surface area contributed by atoms with Crippen molar-refractivity contribution in [2.75, 3.05) is 5.32 Å². The molecule has 0 bridgehead atoms. The summed E-state index contributed by atoms with van der Waals surface area (Å²) in [6, 6.07) is 14.5. The molecule has 0 radical (unpaired) electrons. The molecule has 2 N–H and O–H groups in total. The molecule has 0 atom stereocenters. The first-order valence-electron chi connectivity index (χ1n) is 11.3. The lowest BCUT2D eigenvalue weighted by atomic mass is 9.90. The summed E-state index contributed by atoms with van der Waals surface area (Å²) in [7, 11) is 0. The number of fused-ring (bicyclic) bond motifs is 1. The molecule has 2 heterocycles. The Balaban J connectivity index is 1.88. The van der Waals surface area contributed by atoms with Crippen LogP contribution in [0.4, 0.5) is 11.5 Å². The Hall–Kier alpha value is -3.34. The maximum absolute atomic E-state index is 10.9. The van der Waals surface area contributed by atoms with Gasteiger partial charge in [-0.3, -0.25) is 4.40 Å². The number of rotatable bonds is 6. The lowest BCUT2D eigenvalue weighted by molar-refractivity contribution is 0.454. The molecule has 166 valence electrons. The number of nitrogens with zero attached hydrogens (tertiary/aromatic N) is 3. The number of phenols is 1. The lowest BCUT2D eigenvalue weighted by Gasteiger charge is -2.18. The Bertz CT molecular complexity index is 1210. The number of hydrogen-bond acceptors (Lipinski definition) is 4. The number of aromatic nitrogens is 3. The normalized spacial score (nSPS) is 11.8. The topological polar surface area (TPSA) is 62.5 Å². The van der Waals surface area contributed by atoms with Gasteiger partial charge in [-0.2, -0.15) is 0 Å². The highest BCUT2D eigenvalue weighted by molar-refractivity contribution is 5.80. The molecule has 2 aromatic carbocycles. The smallest absolute Gasteiger partial charge is 0.235 e. The van der Waals surface area contributed by atoms with Crippen molar-refractivity contribution in [3.05, 3.63) is 71.5 Å². The Labute approximate surface area is 190 Å². The second-order valence-corrected chi connectivity index (χ2v) is 9.31. The first kappa shape index (κ1) is 21.9. The summed E-state index contributed by atoms with van der Waals surface area (Å²) >= 11 is 0. The fourth-order valence-electron chi connectivity index (χ4n) is 3.99. The van der Waals surface area contributed by atoms with Crippen molar-refractivity contribution in [1.29, 1.82) is 0 Å². The summed E-state index contributed by atoms with van der Waals surface area (Å²) in [6.45, 7) is 12.8. The molecule has 0 fully saturated rings. The van der Waals surface area contributed by atoms with Crippen LogP contribution in [0, 0.1) is 0 Å².